The van der Waals surface area contributed by atoms with Crippen molar-refractivity contribution in [3.63, 3.8) is 0 Å². The average molecular weight is 227 g/mol. The number of hydrogen-bond donors (Lipinski definition) is 1. The number of hydrogen-bond acceptors (Lipinski definition) is 3. The van der Waals surface area contributed by atoms with E-state index >= 15 is 0 Å². The van der Waals surface area contributed by atoms with Crippen molar-refractivity contribution in [3.05, 3.63) is 0 Å². The molecule has 0 radical (unpaired) electrons. The van der Waals surface area contributed by atoms with Crippen molar-refractivity contribution in [3.8, 4) is 0 Å². The molecule has 2 saturated heterocycles. The minimum Gasteiger partial charge on any atom is -0.378 e. The third kappa shape index (κ3) is 2.86. The molecule has 1 unspecified atom stereocenters. The molecule has 2 aliphatic heterocycles. The van der Waals surface area contributed by atoms with Crippen molar-refractivity contribution in [1.82, 2.24) is 9.91 Å². The monoisotopic (exact) mass is 227 g/mol. The molecular weight excluding hydrogens is 206 g/mol. The third-order valence-electron chi connectivity index (χ3n) is 3.32. The highest BCUT2D eigenvalue weighted by Crippen LogP contribution is 2.17. The molecule has 2 heterocycles. The van der Waals surface area contributed by atoms with Crippen LogP contribution < -0.4 is 5.84 Å². The summed E-state index contributed by atoms with van der Waals surface area (Å²) in [6, 6.07) is -0.0291. The number of amides is 2. The molecular formula is C11H21N3O2. The summed E-state index contributed by atoms with van der Waals surface area (Å²) in [6.45, 7) is 3.25. The van der Waals surface area contributed by atoms with Crippen LogP contribution in [0.5, 0.6) is 0 Å². The molecule has 0 aromatic heterocycles. The Hall–Kier alpha value is -0.810. The highest BCUT2D eigenvalue weighted by Gasteiger charge is 2.23. The Labute approximate surface area is 96.5 Å². The molecule has 5 nitrogen and oxygen atoms in total. The van der Waals surface area contributed by atoms with Crippen LogP contribution in [-0.4, -0.2) is 48.3 Å². The van der Waals surface area contributed by atoms with Gasteiger partial charge in [-0.1, -0.05) is 0 Å². The average Bonchev–Trinajstić information content (AvgIpc) is 2.77. The minimum atomic E-state index is -0.0291. The van der Waals surface area contributed by atoms with Gasteiger partial charge in [0.25, 0.3) is 0 Å². The number of nitrogens with zero attached hydrogens (tertiary/aromatic N) is 2. The lowest BCUT2D eigenvalue weighted by atomic mass is 10.1. The van der Waals surface area contributed by atoms with Crippen molar-refractivity contribution in [2.45, 2.75) is 38.2 Å². The zero-order chi connectivity index (χ0) is 11.4. The maximum absolute atomic E-state index is 11.6. The number of urea groups is 1. The Morgan fingerprint density at radius 2 is 2.25 bits per heavy atom. The summed E-state index contributed by atoms with van der Waals surface area (Å²) in [5.41, 5.74) is 0. The molecule has 0 aliphatic carbocycles. The molecule has 16 heavy (non-hydrogen) atoms. The van der Waals surface area contributed by atoms with Gasteiger partial charge in [0.1, 0.15) is 0 Å². The molecule has 92 valence electrons. The topological polar surface area (TPSA) is 58.8 Å². The van der Waals surface area contributed by atoms with Crippen molar-refractivity contribution in [2.75, 3.05) is 26.2 Å². The predicted octanol–water partition coefficient (Wildman–Crippen LogP) is 0.947. The lowest BCUT2D eigenvalue weighted by Gasteiger charge is -2.32. The zero-order valence-corrected chi connectivity index (χ0v) is 9.73. The lowest BCUT2D eigenvalue weighted by molar-refractivity contribution is 0.0947. The highest BCUT2D eigenvalue weighted by atomic mass is 16.5. The maximum atomic E-state index is 11.6. The minimum absolute atomic E-state index is 0.0291. The molecule has 2 N–H and O–H groups in total. The number of rotatable bonds is 4. The molecule has 5 heteroatoms. The summed E-state index contributed by atoms with van der Waals surface area (Å²) in [5.74, 6) is 5.58. The van der Waals surface area contributed by atoms with Crippen LogP contribution >= 0.6 is 0 Å². The number of ether oxygens (including phenoxy) is 1. The van der Waals surface area contributed by atoms with Gasteiger partial charge in [0.2, 0.25) is 0 Å². The molecule has 0 saturated carbocycles. The second-order valence-electron chi connectivity index (χ2n) is 4.59. The van der Waals surface area contributed by atoms with Gasteiger partial charge in [-0.25, -0.2) is 10.6 Å². The second kappa shape index (κ2) is 5.50. The van der Waals surface area contributed by atoms with Crippen LogP contribution in [0.3, 0.4) is 0 Å². The summed E-state index contributed by atoms with van der Waals surface area (Å²) in [4.78, 5) is 13.5. The van der Waals surface area contributed by atoms with E-state index in [1.807, 2.05) is 4.90 Å². The van der Waals surface area contributed by atoms with Crippen molar-refractivity contribution in [1.29, 1.82) is 0 Å². The van der Waals surface area contributed by atoms with Gasteiger partial charge in [-0.15, -0.1) is 0 Å². The summed E-state index contributed by atoms with van der Waals surface area (Å²) in [5, 5.41) is 1.32. The Bertz CT molecular complexity index is 241. The molecule has 2 aliphatic rings. The number of hydrazine groups is 1. The maximum Gasteiger partial charge on any atom is 0.334 e. The molecule has 0 bridgehead atoms. The van der Waals surface area contributed by atoms with Gasteiger partial charge in [-0.05, 0) is 32.1 Å². The van der Waals surface area contributed by atoms with E-state index in [4.69, 9.17) is 10.6 Å². The molecule has 1 atom stereocenters. The van der Waals surface area contributed by atoms with E-state index in [-0.39, 0.29) is 6.03 Å². The summed E-state index contributed by atoms with van der Waals surface area (Å²) in [6.07, 6.45) is 5.84. The SMILES string of the molecule is NN1CCCN(CCCC2CCCO2)C1=O. The van der Waals surface area contributed by atoms with Gasteiger partial charge >= 0.3 is 6.03 Å². The fourth-order valence-corrected chi connectivity index (χ4v) is 2.39. The predicted molar refractivity (Wildman–Crippen MR) is 60.7 cm³/mol. The largest absolute Gasteiger partial charge is 0.378 e. The fraction of sp³-hybridized carbons (Fsp3) is 0.909. The van der Waals surface area contributed by atoms with Gasteiger partial charge in [-0.3, -0.25) is 5.01 Å². The van der Waals surface area contributed by atoms with E-state index in [1.54, 1.807) is 0 Å². The first kappa shape index (κ1) is 11.7. The van der Waals surface area contributed by atoms with Crippen molar-refractivity contribution in [2.24, 2.45) is 5.84 Å². The first-order chi connectivity index (χ1) is 7.77. The fourth-order valence-electron chi connectivity index (χ4n) is 2.39. The van der Waals surface area contributed by atoms with E-state index in [0.717, 1.165) is 39.0 Å². The van der Waals surface area contributed by atoms with Gasteiger partial charge < -0.3 is 9.64 Å². The van der Waals surface area contributed by atoms with Crippen LogP contribution in [-0.2, 0) is 4.74 Å². The van der Waals surface area contributed by atoms with Crippen LogP contribution in [0.2, 0.25) is 0 Å². The Morgan fingerprint density at radius 1 is 1.38 bits per heavy atom. The van der Waals surface area contributed by atoms with Crippen LogP contribution in [0.4, 0.5) is 4.79 Å². The standard InChI is InChI=1S/C11H21N3O2/c12-14-8-3-7-13(11(14)15)6-1-4-10-5-2-9-16-10/h10H,1-9,12H2. The van der Waals surface area contributed by atoms with E-state index in [2.05, 4.69) is 0 Å². The number of carbonyl (C=O) groups excluding carboxylic acids is 1. The van der Waals surface area contributed by atoms with E-state index in [1.165, 1.54) is 17.9 Å². The highest BCUT2D eigenvalue weighted by molar-refractivity contribution is 5.74. The first-order valence-corrected chi connectivity index (χ1v) is 6.20. The Balaban J connectivity index is 1.66. The van der Waals surface area contributed by atoms with Gasteiger partial charge in [0.05, 0.1) is 6.10 Å². The van der Waals surface area contributed by atoms with Gasteiger partial charge in [0.15, 0.2) is 0 Å². The molecule has 2 amide bonds. The van der Waals surface area contributed by atoms with E-state index in [9.17, 15) is 4.79 Å². The van der Waals surface area contributed by atoms with Gasteiger partial charge in [-0.2, -0.15) is 0 Å². The smallest absolute Gasteiger partial charge is 0.334 e. The van der Waals surface area contributed by atoms with E-state index in [0.29, 0.717) is 12.6 Å². The summed E-state index contributed by atoms with van der Waals surface area (Å²) in [7, 11) is 0. The van der Waals surface area contributed by atoms with Crippen LogP contribution in [0.1, 0.15) is 32.1 Å². The third-order valence-corrected chi connectivity index (χ3v) is 3.32. The molecule has 0 aromatic carbocycles. The Kier molecular flexibility index (Phi) is 4.01. The Morgan fingerprint density at radius 3 is 3.00 bits per heavy atom. The normalized spacial score (nSPS) is 26.6. The molecule has 2 rings (SSSR count). The first-order valence-electron chi connectivity index (χ1n) is 6.20. The molecule has 0 spiro atoms. The van der Waals surface area contributed by atoms with E-state index < -0.39 is 0 Å². The number of carbonyl (C=O) groups is 1. The van der Waals surface area contributed by atoms with Crippen LogP contribution in [0.15, 0.2) is 0 Å². The quantitative estimate of drug-likeness (QED) is 0.574. The van der Waals surface area contributed by atoms with Crippen LogP contribution in [0.25, 0.3) is 0 Å². The van der Waals surface area contributed by atoms with Crippen LogP contribution in [0, 0.1) is 0 Å². The number of nitrogens with two attached hydrogens (primary N) is 1. The lowest BCUT2D eigenvalue weighted by Crippen LogP contribution is -2.52. The zero-order valence-electron chi connectivity index (χ0n) is 9.73. The van der Waals surface area contributed by atoms with Crippen molar-refractivity contribution >= 4 is 6.03 Å². The van der Waals surface area contributed by atoms with Gasteiger partial charge in [0, 0.05) is 26.2 Å². The molecule has 2 fully saturated rings. The van der Waals surface area contributed by atoms with Crippen molar-refractivity contribution < 1.29 is 9.53 Å². The summed E-state index contributed by atoms with van der Waals surface area (Å²) < 4.78 is 5.55. The summed E-state index contributed by atoms with van der Waals surface area (Å²) >= 11 is 0. The second-order valence-corrected chi connectivity index (χ2v) is 4.59. The molecule has 0 aromatic rings.